The summed E-state index contributed by atoms with van der Waals surface area (Å²) in [4.78, 5) is 23.2. The molecule has 19 heavy (non-hydrogen) atoms. The lowest BCUT2D eigenvalue weighted by molar-refractivity contribution is -0.215. The minimum Gasteiger partial charge on any atom is -0.478 e. The zero-order valence-corrected chi connectivity index (χ0v) is 11.6. The summed E-state index contributed by atoms with van der Waals surface area (Å²) in [5, 5.41) is 9.66. The van der Waals surface area contributed by atoms with Crippen LogP contribution in [-0.2, 0) is 14.3 Å². The van der Waals surface area contributed by atoms with Crippen LogP contribution < -0.4 is 0 Å². The van der Waals surface area contributed by atoms with Crippen molar-refractivity contribution < 1.29 is 19.4 Å². The maximum absolute atomic E-state index is 11.8. The highest BCUT2D eigenvalue weighted by Gasteiger charge is 2.63. The van der Waals surface area contributed by atoms with Gasteiger partial charge in [-0.25, -0.2) is 4.79 Å². The Balaban J connectivity index is 1.97. The number of carboxylic acid groups (broad SMARTS) is 1. The first-order chi connectivity index (χ1) is 8.84. The average Bonchev–Trinajstić information content (AvgIpc) is 2.25. The molecule has 4 heteroatoms. The molecule has 4 nitrogen and oxygen atoms in total. The third kappa shape index (κ3) is 1.79. The first-order valence-corrected chi connectivity index (χ1v) is 7.27. The summed E-state index contributed by atoms with van der Waals surface area (Å²) in [5.74, 6) is 0.451. The Morgan fingerprint density at radius 1 is 1.11 bits per heavy atom. The average molecular weight is 266 g/mol. The van der Waals surface area contributed by atoms with Gasteiger partial charge in [0.2, 0.25) is 5.60 Å². The summed E-state index contributed by atoms with van der Waals surface area (Å²) in [7, 11) is 0. The van der Waals surface area contributed by atoms with Gasteiger partial charge in [0.1, 0.15) is 0 Å². The van der Waals surface area contributed by atoms with Gasteiger partial charge in [0.05, 0.1) is 0 Å². The lowest BCUT2D eigenvalue weighted by atomic mass is 9.45. The number of carboxylic acids is 1. The van der Waals surface area contributed by atoms with Crippen LogP contribution in [0.5, 0.6) is 0 Å². The van der Waals surface area contributed by atoms with Crippen molar-refractivity contribution >= 4 is 11.9 Å². The molecular weight excluding hydrogens is 244 g/mol. The van der Waals surface area contributed by atoms with Crippen molar-refractivity contribution in [3.05, 3.63) is 0 Å². The van der Waals surface area contributed by atoms with Crippen molar-refractivity contribution in [1.82, 2.24) is 0 Å². The Morgan fingerprint density at radius 3 is 1.84 bits per heavy atom. The Labute approximate surface area is 113 Å². The van der Waals surface area contributed by atoms with E-state index in [0.717, 1.165) is 19.3 Å². The van der Waals surface area contributed by atoms with Gasteiger partial charge in [0.15, 0.2) is 0 Å². The van der Waals surface area contributed by atoms with Crippen LogP contribution in [0.2, 0.25) is 0 Å². The van der Waals surface area contributed by atoms with Gasteiger partial charge in [-0.1, -0.05) is 0 Å². The maximum atomic E-state index is 11.8. The Hall–Kier alpha value is -1.06. The molecule has 4 rings (SSSR count). The summed E-state index contributed by atoms with van der Waals surface area (Å²) in [6.45, 7) is 2.92. The van der Waals surface area contributed by atoms with E-state index in [1.165, 1.54) is 26.2 Å². The molecular formula is C15H22O4. The second kappa shape index (κ2) is 3.97. The van der Waals surface area contributed by atoms with Crippen LogP contribution in [0, 0.1) is 23.2 Å². The lowest BCUT2D eigenvalue weighted by Crippen LogP contribution is -2.62. The zero-order chi connectivity index (χ0) is 13.8. The van der Waals surface area contributed by atoms with Crippen LogP contribution >= 0.6 is 0 Å². The number of hydrogen-bond donors (Lipinski definition) is 1. The molecule has 0 saturated heterocycles. The molecule has 4 bridgehead atoms. The minimum absolute atomic E-state index is 0.334. The highest BCUT2D eigenvalue weighted by Crippen LogP contribution is 2.64. The van der Waals surface area contributed by atoms with Gasteiger partial charge in [0.25, 0.3) is 0 Å². The Bertz CT molecular complexity index is 393. The van der Waals surface area contributed by atoms with Gasteiger partial charge in [-0.3, -0.25) is 4.79 Å². The van der Waals surface area contributed by atoms with Crippen molar-refractivity contribution in [3.8, 4) is 0 Å². The van der Waals surface area contributed by atoms with Crippen molar-refractivity contribution in [2.24, 2.45) is 23.2 Å². The molecule has 0 aromatic carbocycles. The molecule has 1 unspecified atom stereocenters. The molecule has 106 valence electrons. The molecule has 1 N–H and O–H groups in total. The summed E-state index contributed by atoms with van der Waals surface area (Å²) in [6, 6.07) is 0. The molecule has 4 aliphatic rings. The predicted octanol–water partition coefficient (Wildman–Crippen LogP) is 2.61. The van der Waals surface area contributed by atoms with Crippen molar-refractivity contribution in [2.45, 2.75) is 58.0 Å². The Kier molecular flexibility index (Phi) is 2.70. The van der Waals surface area contributed by atoms with Crippen molar-refractivity contribution in [2.75, 3.05) is 0 Å². The fraction of sp³-hybridized carbons (Fsp3) is 0.867. The summed E-state index contributed by atoms with van der Waals surface area (Å²) >= 11 is 0. The number of ether oxygens (including phenoxy) is 1. The molecule has 0 aromatic heterocycles. The Morgan fingerprint density at radius 2 is 1.53 bits per heavy atom. The van der Waals surface area contributed by atoms with E-state index >= 15 is 0 Å². The van der Waals surface area contributed by atoms with Crippen LogP contribution in [0.3, 0.4) is 0 Å². The summed E-state index contributed by atoms with van der Waals surface area (Å²) < 4.78 is 5.35. The highest BCUT2D eigenvalue weighted by molar-refractivity contribution is 5.82. The van der Waals surface area contributed by atoms with Crippen LogP contribution in [-0.4, -0.2) is 22.6 Å². The largest absolute Gasteiger partial charge is 0.478 e. The summed E-state index contributed by atoms with van der Waals surface area (Å²) in [5.41, 5.74) is -1.69. The third-order valence-electron chi connectivity index (χ3n) is 5.81. The van der Waals surface area contributed by atoms with E-state index < -0.39 is 17.5 Å². The van der Waals surface area contributed by atoms with E-state index in [1.54, 1.807) is 6.92 Å². The molecule has 0 heterocycles. The van der Waals surface area contributed by atoms with Gasteiger partial charge in [0, 0.05) is 12.3 Å². The van der Waals surface area contributed by atoms with E-state index in [4.69, 9.17) is 4.74 Å². The minimum atomic E-state index is -1.35. The van der Waals surface area contributed by atoms with Gasteiger partial charge < -0.3 is 9.84 Å². The quantitative estimate of drug-likeness (QED) is 0.797. The SMILES string of the molecule is CC(=O)OC(C)(C(=O)O)C12CC3CC(CC(C3)C1)C2. The number of carbonyl (C=O) groups is 2. The number of rotatable bonds is 3. The van der Waals surface area contributed by atoms with Gasteiger partial charge in [-0.15, -0.1) is 0 Å². The molecule has 0 aromatic rings. The van der Waals surface area contributed by atoms with Gasteiger partial charge in [-0.05, 0) is 63.2 Å². The highest BCUT2D eigenvalue weighted by atomic mass is 16.6. The van der Waals surface area contributed by atoms with Crippen LogP contribution in [0.15, 0.2) is 0 Å². The van der Waals surface area contributed by atoms with E-state index in [2.05, 4.69) is 0 Å². The van der Waals surface area contributed by atoms with E-state index in [0.29, 0.717) is 17.8 Å². The lowest BCUT2D eigenvalue weighted by Gasteiger charge is -2.60. The van der Waals surface area contributed by atoms with E-state index in [9.17, 15) is 14.7 Å². The number of hydrogen-bond acceptors (Lipinski definition) is 3. The normalized spacial score (nSPS) is 42.7. The second-order valence-electron chi connectivity index (χ2n) is 7.13. The maximum Gasteiger partial charge on any atom is 0.348 e. The van der Waals surface area contributed by atoms with E-state index in [-0.39, 0.29) is 5.41 Å². The first kappa shape index (κ1) is 12.9. The molecule has 4 saturated carbocycles. The fourth-order valence-corrected chi connectivity index (χ4v) is 5.36. The van der Waals surface area contributed by atoms with Crippen LogP contribution in [0.4, 0.5) is 0 Å². The van der Waals surface area contributed by atoms with E-state index in [1.807, 2.05) is 0 Å². The molecule has 0 aliphatic heterocycles. The van der Waals surface area contributed by atoms with Crippen molar-refractivity contribution in [1.29, 1.82) is 0 Å². The topological polar surface area (TPSA) is 63.6 Å². The fourth-order valence-electron chi connectivity index (χ4n) is 5.36. The number of esters is 1. The smallest absolute Gasteiger partial charge is 0.348 e. The molecule has 0 spiro atoms. The monoisotopic (exact) mass is 266 g/mol. The molecule has 4 fully saturated rings. The molecule has 4 aliphatic carbocycles. The van der Waals surface area contributed by atoms with Gasteiger partial charge in [-0.2, -0.15) is 0 Å². The summed E-state index contributed by atoms with van der Waals surface area (Å²) in [6.07, 6.45) is 6.47. The second-order valence-corrected chi connectivity index (χ2v) is 7.13. The standard InChI is InChI=1S/C15H22O4/c1-9(16)19-14(2,13(17)18)15-6-10-3-11(7-15)5-12(4-10)8-15/h10-12H,3-8H2,1-2H3,(H,17,18). The molecule has 0 amide bonds. The molecule has 0 radical (unpaired) electrons. The van der Waals surface area contributed by atoms with Crippen molar-refractivity contribution in [3.63, 3.8) is 0 Å². The third-order valence-corrected chi connectivity index (χ3v) is 5.81. The van der Waals surface area contributed by atoms with Crippen LogP contribution in [0.1, 0.15) is 52.4 Å². The number of aliphatic carboxylic acids is 1. The molecule has 1 atom stereocenters. The van der Waals surface area contributed by atoms with Gasteiger partial charge >= 0.3 is 11.9 Å². The van der Waals surface area contributed by atoms with Crippen LogP contribution in [0.25, 0.3) is 0 Å². The first-order valence-electron chi connectivity index (χ1n) is 7.27. The zero-order valence-electron chi connectivity index (χ0n) is 11.6. The number of carbonyl (C=O) groups excluding carboxylic acids is 1. The predicted molar refractivity (Wildman–Crippen MR) is 68.4 cm³/mol.